The second kappa shape index (κ2) is 8.53. The van der Waals surface area contributed by atoms with Gasteiger partial charge in [0, 0.05) is 18.8 Å². The molecule has 0 aliphatic heterocycles. The maximum atomic E-state index is 12.4. The molecule has 0 aliphatic rings. The number of hydrogen-bond donors (Lipinski definition) is 2. The van der Waals surface area contributed by atoms with Crippen molar-refractivity contribution in [2.24, 2.45) is 5.41 Å². The van der Waals surface area contributed by atoms with E-state index in [2.05, 4.69) is 10.6 Å². The fourth-order valence-corrected chi connectivity index (χ4v) is 1.81. The van der Waals surface area contributed by atoms with Gasteiger partial charge in [-0.05, 0) is 59.1 Å². The normalized spacial score (nSPS) is 11.2. The number of likely N-dealkylation sites (N-methyl/N-ethyl adjacent to an activating group) is 1. The molecule has 23 heavy (non-hydrogen) atoms. The molecule has 0 heterocycles. The Bertz CT molecular complexity index is 524. The van der Waals surface area contributed by atoms with Gasteiger partial charge in [0.25, 0.3) is 0 Å². The standard InChI is InChI=1S/C17H27N3O3/c1-6-23-14-9-7-13(8-10-14)19-16(22)17(2,3)15(21)18-11-12-20(4)5/h7-10H,6,11-12H2,1-5H3,(H,18,21)(H,19,22). The second-order valence-corrected chi connectivity index (χ2v) is 6.10. The van der Waals surface area contributed by atoms with Crippen molar-refractivity contribution in [3.05, 3.63) is 24.3 Å². The van der Waals surface area contributed by atoms with Crippen molar-refractivity contribution in [2.45, 2.75) is 20.8 Å². The van der Waals surface area contributed by atoms with Crippen molar-refractivity contribution in [3.63, 3.8) is 0 Å². The lowest BCUT2D eigenvalue weighted by Crippen LogP contribution is -2.46. The third-order valence-electron chi connectivity index (χ3n) is 3.40. The summed E-state index contributed by atoms with van der Waals surface area (Å²) in [5.41, 5.74) is -0.516. The Morgan fingerprint density at radius 2 is 1.74 bits per heavy atom. The lowest BCUT2D eigenvalue weighted by Gasteiger charge is -2.23. The van der Waals surface area contributed by atoms with Gasteiger partial charge in [-0.25, -0.2) is 0 Å². The van der Waals surface area contributed by atoms with Crippen LogP contribution in [-0.2, 0) is 9.59 Å². The predicted molar refractivity (Wildman–Crippen MR) is 91.6 cm³/mol. The zero-order chi connectivity index (χ0) is 17.5. The summed E-state index contributed by atoms with van der Waals surface area (Å²) in [5.74, 6) is 0.109. The highest BCUT2D eigenvalue weighted by atomic mass is 16.5. The molecule has 0 radical (unpaired) electrons. The van der Waals surface area contributed by atoms with E-state index >= 15 is 0 Å². The minimum absolute atomic E-state index is 0.289. The SMILES string of the molecule is CCOc1ccc(NC(=O)C(C)(C)C(=O)NCCN(C)C)cc1. The number of rotatable bonds is 8. The molecule has 2 N–H and O–H groups in total. The first-order chi connectivity index (χ1) is 10.8. The monoisotopic (exact) mass is 321 g/mol. The van der Waals surface area contributed by atoms with Crippen LogP contribution in [0.15, 0.2) is 24.3 Å². The van der Waals surface area contributed by atoms with E-state index in [1.807, 2.05) is 25.9 Å². The van der Waals surface area contributed by atoms with E-state index in [0.29, 0.717) is 18.8 Å². The Hall–Kier alpha value is -2.08. The predicted octanol–water partition coefficient (Wildman–Crippen LogP) is 1.73. The van der Waals surface area contributed by atoms with Gasteiger partial charge in [0.1, 0.15) is 11.2 Å². The fourth-order valence-electron chi connectivity index (χ4n) is 1.81. The van der Waals surface area contributed by atoms with Crippen molar-refractivity contribution in [3.8, 4) is 5.75 Å². The van der Waals surface area contributed by atoms with Crippen LogP contribution < -0.4 is 15.4 Å². The molecule has 2 amide bonds. The first kappa shape index (κ1) is 19.0. The number of hydrogen-bond acceptors (Lipinski definition) is 4. The van der Waals surface area contributed by atoms with Crippen LogP contribution in [0.1, 0.15) is 20.8 Å². The quantitative estimate of drug-likeness (QED) is 0.715. The summed E-state index contributed by atoms with van der Waals surface area (Å²) >= 11 is 0. The number of anilines is 1. The number of nitrogens with zero attached hydrogens (tertiary/aromatic N) is 1. The van der Waals surface area contributed by atoms with Gasteiger partial charge in [-0.1, -0.05) is 0 Å². The highest BCUT2D eigenvalue weighted by Gasteiger charge is 2.35. The Kier molecular flexibility index (Phi) is 7.03. The zero-order valence-electron chi connectivity index (χ0n) is 14.6. The molecule has 0 bridgehead atoms. The van der Waals surface area contributed by atoms with Crippen LogP contribution in [0.4, 0.5) is 5.69 Å². The Labute approximate surface area is 138 Å². The van der Waals surface area contributed by atoms with Gasteiger partial charge < -0.3 is 20.3 Å². The fraction of sp³-hybridized carbons (Fsp3) is 0.529. The Morgan fingerprint density at radius 3 is 2.26 bits per heavy atom. The van der Waals surface area contributed by atoms with Crippen LogP contribution >= 0.6 is 0 Å². The molecule has 0 saturated carbocycles. The highest BCUT2D eigenvalue weighted by Crippen LogP contribution is 2.21. The lowest BCUT2D eigenvalue weighted by molar-refractivity contribution is -0.138. The van der Waals surface area contributed by atoms with Crippen LogP contribution in [0, 0.1) is 5.41 Å². The molecule has 0 aromatic heterocycles. The number of benzene rings is 1. The van der Waals surface area contributed by atoms with E-state index in [-0.39, 0.29) is 11.8 Å². The van der Waals surface area contributed by atoms with E-state index < -0.39 is 5.41 Å². The molecule has 6 heteroatoms. The number of nitrogens with one attached hydrogen (secondary N) is 2. The molecular weight excluding hydrogens is 294 g/mol. The van der Waals surface area contributed by atoms with Crippen LogP contribution in [0.25, 0.3) is 0 Å². The summed E-state index contributed by atoms with van der Waals surface area (Å²) in [6.45, 7) is 6.96. The second-order valence-electron chi connectivity index (χ2n) is 6.10. The van der Waals surface area contributed by atoms with E-state index in [1.54, 1.807) is 38.1 Å². The van der Waals surface area contributed by atoms with Gasteiger partial charge in [-0.15, -0.1) is 0 Å². The number of carbonyl (C=O) groups is 2. The minimum atomic E-state index is -1.15. The van der Waals surface area contributed by atoms with Gasteiger partial charge in [0.2, 0.25) is 11.8 Å². The van der Waals surface area contributed by atoms with Crippen molar-refractivity contribution < 1.29 is 14.3 Å². The van der Waals surface area contributed by atoms with Crippen LogP contribution in [-0.4, -0.2) is 50.5 Å². The summed E-state index contributed by atoms with van der Waals surface area (Å²) in [7, 11) is 3.85. The first-order valence-corrected chi connectivity index (χ1v) is 7.74. The molecular formula is C17H27N3O3. The summed E-state index contributed by atoms with van der Waals surface area (Å²) in [4.78, 5) is 26.5. The molecule has 1 aromatic rings. The van der Waals surface area contributed by atoms with E-state index in [1.165, 1.54) is 0 Å². The van der Waals surface area contributed by atoms with Gasteiger partial charge in [0.15, 0.2) is 0 Å². The smallest absolute Gasteiger partial charge is 0.239 e. The lowest BCUT2D eigenvalue weighted by atomic mass is 9.91. The van der Waals surface area contributed by atoms with E-state index in [0.717, 1.165) is 12.3 Å². The Balaban J connectivity index is 2.61. The van der Waals surface area contributed by atoms with E-state index in [9.17, 15) is 9.59 Å². The van der Waals surface area contributed by atoms with Crippen LogP contribution in [0.2, 0.25) is 0 Å². The Morgan fingerprint density at radius 1 is 1.13 bits per heavy atom. The maximum Gasteiger partial charge on any atom is 0.239 e. The maximum absolute atomic E-state index is 12.4. The van der Waals surface area contributed by atoms with Crippen molar-refractivity contribution in [1.29, 1.82) is 0 Å². The number of amides is 2. The van der Waals surface area contributed by atoms with Crippen molar-refractivity contribution >= 4 is 17.5 Å². The average Bonchev–Trinajstić information content (AvgIpc) is 2.48. The third-order valence-corrected chi connectivity index (χ3v) is 3.40. The zero-order valence-corrected chi connectivity index (χ0v) is 14.6. The third kappa shape index (κ3) is 5.90. The molecule has 128 valence electrons. The molecule has 0 saturated heterocycles. The summed E-state index contributed by atoms with van der Waals surface area (Å²) in [6, 6.07) is 7.07. The molecule has 1 rings (SSSR count). The van der Waals surface area contributed by atoms with Gasteiger partial charge >= 0.3 is 0 Å². The molecule has 0 unspecified atom stereocenters. The topological polar surface area (TPSA) is 70.7 Å². The highest BCUT2D eigenvalue weighted by molar-refractivity contribution is 6.09. The molecule has 0 aliphatic carbocycles. The average molecular weight is 321 g/mol. The van der Waals surface area contributed by atoms with Crippen LogP contribution in [0.3, 0.4) is 0 Å². The summed E-state index contributed by atoms with van der Waals surface area (Å²) in [5, 5.41) is 5.55. The van der Waals surface area contributed by atoms with Gasteiger partial charge in [0.05, 0.1) is 6.61 Å². The van der Waals surface area contributed by atoms with Gasteiger partial charge in [-0.3, -0.25) is 9.59 Å². The molecule has 0 fully saturated rings. The van der Waals surface area contributed by atoms with Crippen LogP contribution in [0.5, 0.6) is 5.75 Å². The first-order valence-electron chi connectivity index (χ1n) is 7.74. The number of ether oxygens (including phenoxy) is 1. The molecule has 1 aromatic carbocycles. The summed E-state index contributed by atoms with van der Waals surface area (Å²) in [6.07, 6.45) is 0. The van der Waals surface area contributed by atoms with Crippen molar-refractivity contribution in [2.75, 3.05) is 39.1 Å². The minimum Gasteiger partial charge on any atom is -0.494 e. The largest absolute Gasteiger partial charge is 0.494 e. The molecule has 6 nitrogen and oxygen atoms in total. The number of carbonyl (C=O) groups excluding carboxylic acids is 2. The molecule has 0 spiro atoms. The van der Waals surface area contributed by atoms with Gasteiger partial charge in [-0.2, -0.15) is 0 Å². The van der Waals surface area contributed by atoms with E-state index in [4.69, 9.17) is 4.74 Å². The summed E-state index contributed by atoms with van der Waals surface area (Å²) < 4.78 is 5.35. The molecule has 0 atom stereocenters. The van der Waals surface area contributed by atoms with Crippen molar-refractivity contribution in [1.82, 2.24) is 10.2 Å².